The second kappa shape index (κ2) is 12.6. The molecule has 4 atom stereocenters. The summed E-state index contributed by atoms with van der Waals surface area (Å²) in [5, 5.41) is 8.89. The molecule has 3 aromatic rings. The summed E-state index contributed by atoms with van der Waals surface area (Å²) in [7, 11) is 2.63. The van der Waals surface area contributed by atoms with E-state index in [0.29, 0.717) is 5.56 Å². The van der Waals surface area contributed by atoms with Crippen molar-refractivity contribution in [3.05, 3.63) is 77.6 Å². The Hall–Kier alpha value is -4.12. The van der Waals surface area contributed by atoms with E-state index in [0.717, 1.165) is 66.2 Å². The van der Waals surface area contributed by atoms with Crippen LogP contribution in [0.15, 0.2) is 55.0 Å². The maximum Gasteiger partial charge on any atom is 0.339 e. The molecule has 41 heavy (non-hydrogen) atoms. The number of fused-ring (bicyclic) bond motifs is 2. The van der Waals surface area contributed by atoms with Gasteiger partial charge in [-0.2, -0.15) is 4.39 Å². The van der Waals surface area contributed by atoms with E-state index in [1.807, 2.05) is 18.2 Å². The van der Waals surface area contributed by atoms with Crippen molar-refractivity contribution in [2.75, 3.05) is 50.2 Å². The van der Waals surface area contributed by atoms with Crippen LogP contribution in [-0.2, 0) is 16.1 Å². The van der Waals surface area contributed by atoms with Crippen molar-refractivity contribution in [2.45, 2.75) is 19.4 Å². The second-order valence-corrected chi connectivity index (χ2v) is 10.8. The molecule has 2 saturated carbocycles. The summed E-state index contributed by atoms with van der Waals surface area (Å²) in [6.07, 6.45) is 7.29. The lowest BCUT2D eigenvalue weighted by molar-refractivity contribution is 0.0591. The number of carbonyl (C=O) groups is 2. The first-order valence-corrected chi connectivity index (χ1v) is 13.7. The topological polar surface area (TPSA) is 118 Å². The summed E-state index contributed by atoms with van der Waals surface area (Å²) in [5.41, 5.74) is 1.64. The standard InChI is InChI=1S/C12H14N2O2.C11H14N2O.C7H6FNO2/c1-16-12(15)8-2-3-11(13-5-8)14-6-9-4-10(9)7-14;14-7-8-1-2-11(12-4-8)13-5-9-3-10(9)6-13;1-11-7(10)5-2-3-6(8)9-4-5/h2-3,5,9-10H,4,6-7H2,1H3;1-2,4,9-10,14H,3,5-7H2;2-4H,1H3. The van der Waals surface area contributed by atoms with Gasteiger partial charge in [0, 0.05) is 44.8 Å². The Kier molecular flexibility index (Phi) is 8.72. The SMILES string of the molecule is COC(=O)c1ccc(F)nc1.COC(=O)c1ccc(N2CC3CC3C2)nc1.OCc1ccc(N2CC3CC3C2)nc1. The number of ether oxygens (including phenoxy) is 2. The average molecular weight is 564 g/mol. The van der Waals surface area contributed by atoms with E-state index in [9.17, 15) is 14.0 Å². The number of aliphatic hydroxyl groups is 1. The highest BCUT2D eigenvalue weighted by Crippen LogP contribution is 2.46. The summed E-state index contributed by atoms with van der Waals surface area (Å²) in [5.74, 6) is 4.24. The van der Waals surface area contributed by atoms with Gasteiger partial charge in [0.15, 0.2) is 0 Å². The van der Waals surface area contributed by atoms with Gasteiger partial charge in [-0.3, -0.25) is 0 Å². The average Bonchev–Trinajstić information content (AvgIpc) is 3.87. The molecule has 216 valence electrons. The van der Waals surface area contributed by atoms with Crippen molar-refractivity contribution in [3.63, 3.8) is 0 Å². The van der Waals surface area contributed by atoms with Crippen LogP contribution in [0, 0.1) is 29.6 Å². The zero-order valence-corrected chi connectivity index (χ0v) is 23.1. The molecule has 11 heteroatoms. The van der Waals surface area contributed by atoms with Gasteiger partial charge in [0.2, 0.25) is 5.95 Å². The molecule has 4 fully saturated rings. The van der Waals surface area contributed by atoms with Crippen LogP contribution < -0.4 is 9.80 Å². The molecule has 0 radical (unpaired) electrons. The zero-order valence-electron chi connectivity index (χ0n) is 23.1. The highest BCUT2D eigenvalue weighted by atomic mass is 19.1. The highest BCUT2D eigenvalue weighted by Gasteiger charge is 2.46. The predicted molar refractivity (Wildman–Crippen MR) is 149 cm³/mol. The molecule has 2 saturated heterocycles. The van der Waals surface area contributed by atoms with Gasteiger partial charge >= 0.3 is 11.9 Å². The van der Waals surface area contributed by atoms with Gasteiger partial charge < -0.3 is 24.4 Å². The van der Waals surface area contributed by atoms with E-state index < -0.39 is 11.9 Å². The van der Waals surface area contributed by atoms with Crippen molar-refractivity contribution >= 4 is 23.6 Å². The fourth-order valence-electron chi connectivity index (χ4n) is 5.29. The second-order valence-electron chi connectivity index (χ2n) is 10.8. The third kappa shape index (κ3) is 7.15. The quantitative estimate of drug-likeness (QED) is 0.366. The third-order valence-electron chi connectivity index (χ3n) is 7.91. The van der Waals surface area contributed by atoms with E-state index in [1.165, 1.54) is 46.2 Å². The van der Waals surface area contributed by atoms with Gasteiger partial charge in [-0.15, -0.1) is 0 Å². The monoisotopic (exact) mass is 563 g/mol. The van der Waals surface area contributed by atoms with Crippen LogP contribution in [0.4, 0.5) is 16.0 Å². The van der Waals surface area contributed by atoms with Gasteiger partial charge in [0.05, 0.1) is 32.0 Å². The molecule has 3 aromatic heterocycles. The van der Waals surface area contributed by atoms with Crippen molar-refractivity contribution in [3.8, 4) is 0 Å². The van der Waals surface area contributed by atoms with Gasteiger partial charge in [-0.25, -0.2) is 24.5 Å². The summed E-state index contributed by atoms with van der Waals surface area (Å²) < 4.78 is 21.2. The lowest BCUT2D eigenvalue weighted by Gasteiger charge is -2.18. The fraction of sp³-hybridized carbons (Fsp3) is 0.433. The smallest absolute Gasteiger partial charge is 0.339 e. The summed E-state index contributed by atoms with van der Waals surface area (Å²) in [6, 6.07) is 10.1. The number of anilines is 2. The predicted octanol–water partition coefficient (Wildman–Crippen LogP) is 3.36. The molecule has 0 spiro atoms. The molecular formula is C30H34FN5O5. The van der Waals surface area contributed by atoms with Crippen LogP contribution in [0.1, 0.15) is 39.1 Å². The maximum absolute atomic E-state index is 12.2. The number of halogens is 1. The highest BCUT2D eigenvalue weighted by molar-refractivity contribution is 5.89. The van der Waals surface area contributed by atoms with Gasteiger partial charge in [-0.05, 0) is 72.4 Å². The number of pyridine rings is 3. The maximum atomic E-state index is 12.2. The van der Waals surface area contributed by atoms with Crippen LogP contribution in [-0.4, -0.2) is 72.4 Å². The van der Waals surface area contributed by atoms with Crippen molar-refractivity contribution in [1.29, 1.82) is 0 Å². The molecule has 0 amide bonds. The number of hydrogen-bond acceptors (Lipinski definition) is 10. The van der Waals surface area contributed by atoms with Gasteiger partial charge in [-0.1, -0.05) is 6.07 Å². The third-order valence-corrected chi connectivity index (χ3v) is 7.91. The Bertz CT molecular complexity index is 1320. The minimum Gasteiger partial charge on any atom is -0.465 e. The van der Waals surface area contributed by atoms with E-state index in [2.05, 4.69) is 34.2 Å². The van der Waals surface area contributed by atoms with Crippen LogP contribution in [0.5, 0.6) is 0 Å². The molecule has 1 N–H and O–H groups in total. The van der Waals surface area contributed by atoms with E-state index in [4.69, 9.17) is 5.11 Å². The van der Waals surface area contributed by atoms with E-state index in [-0.39, 0.29) is 18.1 Å². The molecular weight excluding hydrogens is 529 g/mol. The zero-order chi connectivity index (χ0) is 28.9. The Morgan fingerprint density at radius 3 is 1.59 bits per heavy atom. The first-order chi connectivity index (χ1) is 19.9. The minimum atomic E-state index is -0.613. The lowest BCUT2D eigenvalue weighted by Crippen LogP contribution is -2.22. The number of nitrogens with zero attached hydrogens (tertiary/aromatic N) is 5. The molecule has 10 nitrogen and oxygen atoms in total. The molecule has 0 aromatic carbocycles. The molecule has 4 aliphatic rings. The normalized spacial score (nSPS) is 22.7. The Balaban J connectivity index is 0.000000126. The Morgan fingerprint density at radius 1 is 0.756 bits per heavy atom. The first kappa shape index (κ1) is 28.4. The number of methoxy groups -OCH3 is 2. The fourth-order valence-corrected chi connectivity index (χ4v) is 5.29. The van der Waals surface area contributed by atoms with Crippen LogP contribution in [0.2, 0.25) is 0 Å². The first-order valence-electron chi connectivity index (χ1n) is 13.7. The van der Waals surface area contributed by atoms with Gasteiger partial charge in [0.1, 0.15) is 11.6 Å². The summed E-state index contributed by atoms with van der Waals surface area (Å²) in [6.45, 7) is 4.68. The largest absolute Gasteiger partial charge is 0.465 e. The molecule has 2 aliphatic carbocycles. The molecule has 2 aliphatic heterocycles. The number of aliphatic hydroxyl groups excluding tert-OH is 1. The molecule has 7 rings (SSSR count). The minimum absolute atomic E-state index is 0.0819. The van der Waals surface area contributed by atoms with Gasteiger partial charge in [0.25, 0.3) is 0 Å². The van der Waals surface area contributed by atoms with E-state index >= 15 is 0 Å². The Morgan fingerprint density at radius 2 is 1.22 bits per heavy atom. The van der Waals surface area contributed by atoms with Crippen LogP contribution in [0.25, 0.3) is 0 Å². The van der Waals surface area contributed by atoms with Crippen LogP contribution >= 0.6 is 0 Å². The number of carbonyl (C=O) groups excluding carboxylic acids is 2. The molecule has 5 heterocycles. The number of rotatable bonds is 5. The lowest BCUT2D eigenvalue weighted by atomic mass is 10.3. The molecule has 0 bridgehead atoms. The summed E-state index contributed by atoms with van der Waals surface area (Å²) in [4.78, 5) is 38.6. The van der Waals surface area contributed by atoms with E-state index in [1.54, 1.807) is 18.5 Å². The Labute approximate surface area is 238 Å². The molecule has 4 unspecified atom stereocenters. The van der Waals surface area contributed by atoms with Crippen molar-refractivity contribution < 1.29 is 28.6 Å². The number of hydrogen-bond donors (Lipinski definition) is 1. The van der Waals surface area contributed by atoms with Crippen molar-refractivity contribution in [2.24, 2.45) is 23.7 Å². The number of piperidine rings is 2. The number of esters is 2. The number of aromatic nitrogens is 3. The summed E-state index contributed by atoms with van der Waals surface area (Å²) >= 11 is 0. The van der Waals surface area contributed by atoms with Crippen LogP contribution in [0.3, 0.4) is 0 Å². The van der Waals surface area contributed by atoms with Crippen molar-refractivity contribution in [1.82, 2.24) is 15.0 Å².